The smallest absolute Gasteiger partial charge is 0.274 e. The van der Waals surface area contributed by atoms with E-state index in [0.29, 0.717) is 13.1 Å². The molecule has 0 atom stereocenters. The molecule has 11 heteroatoms. The highest BCUT2D eigenvalue weighted by atomic mass is 35.5. The molecule has 0 saturated carbocycles. The van der Waals surface area contributed by atoms with E-state index >= 15 is 0 Å². The zero-order valence-electron chi connectivity index (χ0n) is 12.9. The number of nitro groups is 1. The molecule has 0 aliphatic rings. The number of carbonyl (C=O) groups excluding carboxylic acids is 1. The van der Waals surface area contributed by atoms with Gasteiger partial charge in [-0.25, -0.2) is 13.6 Å². The Bertz CT molecular complexity index is 708. The number of carbonyl (C=O) groups is 1. The van der Waals surface area contributed by atoms with Crippen LogP contribution in [0.5, 0.6) is 0 Å². The molecule has 0 bridgehead atoms. The Morgan fingerprint density at radius 1 is 1.43 bits per heavy atom. The molecule has 0 aliphatic heterocycles. The maximum absolute atomic E-state index is 12.4. The van der Waals surface area contributed by atoms with Crippen molar-refractivity contribution >= 4 is 34.0 Å². The van der Waals surface area contributed by atoms with Crippen LogP contribution in [0.3, 0.4) is 0 Å². The summed E-state index contributed by atoms with van der Waals surface area (Å²) in [5.74, 6) is -0.513. The Balaban J connectivity index is 0.00000484. The molecule has 0 aromatic heterocycles. The standard InChI is InChI=1S/C12H18N4O5S.ClH/c1-8-10(12(17)15(3)5-4-14-2)6-9(22(13,20)21)7-11(8)16(18)19;/h6-7,14H,4-5H2,1-3H3,(H2,13,20,21);1H. The molecule has 0 radical (unpaired) electrons. The first kappa shape index (κ1) is 21.2. The van der Waals surface area contributed by atoms with Gasteiger partial charge >= 0.3 is 0 Å². The fourth-order valence-corrected chi connectivity index (χ4v) is 2.39. The van der Waals surface area contributed by atoms with Crippen molar-refractivity contribution in [3.8, 4) is 0 Å². The van der Waals surface area contributed by atoms with Gasteiger partial charge in [-0.2, -0.15) is 0 Å². The zero-order valence-corrected chi connectivity index (χ0v) is 14.5. The minimum atomic E-state index is -4.16. The summed E-state index contributed by atoms with van der Waals surface area (Å²) >= 11 is 0. The van der Waals surface area contributed by atoms with E-state index in [1.807, 2.05) is 0 Å². The first-order chi connectivity index (χ1) is 10.1. The Morgan fingerprint density at radius 3 is 2.43 bits per heavy atom. The minimum Gasteiger partial charge on any atom is -0.340 e. The Kier molecular flexibility index (Phi) is 7.58. The lowest BCUT2D eigenvalue weighted by Crippen LogP contribution is -2.33. The monoisotopic (exact) mass is 366 g/mol. The quantitative estimate of drug-likeness (QED) is 0.547. The van der Waals surface area contributed by atoms with Crippen molar-refractivity contribution in [1.82, 2.24) is 10.2 Å². The maximum atomic E-state index is 12.4. The van der Waals surface area contributed by atoms with Crippen LogP contribution in [0.4, 0.5) is 5.69 Å². The van der Waals surface area contributed by atoms with Crippen LogP contribution >= 0.6 is 12.4 Å². The molecule has 0 heterocycles. The average molecular weight is 367 g/mol. The van der Waals surface area contributed by atoms with Crippen LogP contribution in [-0.2, 0) is 10.0 Å². The SMILES string of the molecule is CNCCN(C)C(=O)c1cc(S(N)(=O)=O)cc([N+](=O)[O-])c1C.Cl. The predicted molar refractivity (Wildman–Crippen MR) is 87.3 cm³/mol. The summed E-state index contributed by atoms with van der Waals surface area (Å²) in [5.41, 5.74) is -0.424. The van der Waals surface area contributed by atoms with Crippen LogP contribution < -0.4 is 10.5 Å². The van der Waals surface area contributed by atoms with Crippen LogP contribution in [0.1, 0.15) is 15.9 Å². The summed E-state index contributed by atoms with van der Waals surface area (Å²) in [6.07, 6.45) is 0. The number of hydrogen-bond acceptors (Lipinski definition) is 6. The number of nitrogens with one attached hydrogen (secondary N) is 1. The summed E-state index contributed by atoms with van der Waals surface area (Å²) in [6, 6.07) is 1.92. The predicted octanol–water partition coefficient (Wildman–Crippen LogP) is 0.264. The number of nitrogens with zero attached hydrogens (tertiary/aromatic N) is 2. The van der Waals surface area contributed by atoms with Crippen molar-refractivity contribution in [2.24, 2.45) is 5.14 Å². The van der Waals surface area contributed by atoms with E-state index in [1.54, 1.807) is 7.05 Å². The molecule has 0 fully saturated rings. The molecule has 130 valence electrons. The number of halogens is 1. The number of likely N-dealkylation sites (N-methyl/N-ethyl adjacent to an activating group) is 2. The summed E-state index contributed by atoms with van der Waals surface area (Å²) in [4.78, 5) is 23.6. The molecule has 9 nitrogen and oxygen atoms in total. The van der Waals surface area contributed by atoms with Crippen molar-refractivity contribution < 1.29 is 18.1 Å². The molecule has 1 amide bonds. The molecule has 0 aliphatic carbocycles. The number of rotatable bonds is 6. The normalized spacial score (nSPS) is 10.8. The average Bonchev–Trinajstić information content (AvgIpc) is 2.42. The first-order valence-electron chi connectivity index (χ1n) is 6.31. The highest BCUT2D eigenvalue weighted by Crippen LogP contribution is 2.26. The van der Waals surface area contributed by atoms with E-state index in [0.717, 1.165) is 12.1 Å². The molecule has 0 saturated heterocycles. The van der Waals surface area contributed by atoms with E-state index in [2.05, 4.69) is 5.32 Å². The molecule has 1 aromatic carbocycles. The van der Waals surface area contributed by atoms with Crippen molar-refractivity contribution in [3.05, 3.63) is 33.4 Å². The minimum absolute atomic E-state index is 0. The van der Waals surface area contributed by atoms with Gasteiger partial charge in [0.1, 0.15) is 0 Å². The molecular formula is C12H19ClN4O5S. The Morgan fingerprint density at radius 2 is 2.00 bits per heavy atom. The second-order valence-electron chi connectivity index (χ2n) is 4.75. The van der Waals surface area contributed by atoms with Gasteiger partial charge in [-0.05, 0) is 20.0 Å². The largest absolute Gasteiger partial charge is 0.340 e. The van der Waals surface area contributed by atoms with Gasteiger partial charge in [-0.1, -0.05) is 0 Å². The zero-order chi connectivity index (χ0) is 17.1. The molecule has 3 N–H and O–H groups in total. The number of benzene rings is 1. The Labute approximate surface area is 140 Å². The van der Waals surface area contributed by atoms with E-state index in [1.165, 1.54) is 18.9 Å². The van der Waals surface area contributed by atoms with Crippen LogP contribution in [0.15, 0.2) is 17.0 Å². The van der Waals surface area contributed by atoms with Gasteiger partial charge in [0.25, 0.3) is 11.6 Å². The summed E-state index contributed by atoms with van der Waals surface area (Å²) in [7, 11) is -0.921. The fourth-order valence-electron chi connectivity index (χ4n) is 1.84. The van der Waals surface area contributed by atoms with Crippen LogP contribution in [0.25, 0.3) is 0 Å². The van der Waals surface area contributed by atoms with E-state index in [9.17, 15) is 23.3 Å². The number of hydrogen-bond donors (Lipinski definition) is 2. The number of nitrogens with two attached hydrogens (primary N) is 1. The molecule has 0 unspecified atom stereocenters. The Hall–Kier alpha value is -1.75. The number of sulfonamides is 1. The molecule has 1 aromatic rings. The van der Waals surface area contributed by atoms with Crippen molar-refractivity contribution in [2.75, 3.05) is 27.2 Å². The van der Waals surface area contributed by atoms with Gasteiger partial charge in [0.2, 0.25) is 10.0 Å². The molecular weight excluding hydrogens is 348 g/mol. The molecule has 0 spiro atoms. The number of primary sulfonamides is 1. The van der Waals surface area contributed by atoms with Gasteiger partial charge in [0.05, 0.1) is 15.4 Å². The van der Waals surface area contributed by atoms with Gasteiger partial charge in [-0.15, -0.1) is 12.4 Å². The fraction of sp³-hybridized carbons (Fsp3) is 0.417. The van der Waals surface area contributed by atoms with Gasteiger partial charge in [0.15, 0.2) is 0 Å². The number of nitro benzene ring substituents is 1. The lowest BCUT2D eigenvalue weighted by atomic mass is 10.1. The molecule has 1 rings (SSSR count). The van der Waals surface area contributed by atoms with Gasteiger partial charge in [-0.3, -0.25) is 14.9 Å². The van der Waals surface area contributed by atoms with Crippen LogP contribution in [0, 0.1) is 17.0 Å². The third-order valence-corrected chi connectivity index (χ3v) is 4.05. The molecule has 23 heavy (non-hydrogen) atoms. The number of amides is 1. The summed E-state index contributed by atoms with van der Waals surface area (Å²) in [5, 5.41) is 18.9. The third-order valence-electron chi connectivity index (χ3n) is 3.15. The van der Waals surface area contributed by atoms with E-state index in [-0.39, 0.29) is 23.5 Å². The second-order valence-corrected chi connectivity index (χ2v) is 6.31. The summed E-state index contributed by atoms with van der Waals surface area (Å²) < 4.78 is 22.9. The lowest BCUT2D eigenvalue weighted by molar-refractivity contribution is -0.385. The topological polar surface area (TPSA) is 136 Å². The third kappa shape index (κ3) is 5.13. The summed E-state index contributed by atoms with van der Waals surface area (Å²) in [6.45, 7) is 2.28. The van der Waals surface area contributed by atoms with Gasteiger partial charge < -0.3 is 10.2 Å². The maximum Gasteiger partial charge on any atom is 0.274 e. The second kappa shape index (κ2) is 8.20. The highest BCUT2D eigenvalue weighted by molar-refractivity contribution is 7.89. The van der Waals surface area contributed by atoms with Crippen molar-refractivity contribution in [3.63, 3.8) is 0 Å². The van der Waals surface area contributed by atoms with E-state index < -0.39 is 31.4 Å². The van der Waals surface area contributed by atoms with Gasteiger partial charge in [0, 0.05) is 31.8 Å². The van der Waals surface area contributed by atoms with Crippen LogP contribution in [-0.4, -0.2) is 51.3 Å². The van der Waals surface area contributed by atoms with E-state index in [4.69, 9.17) is 5.14 Å². The lowest BCUT2D eigenvalue weighted by Gasteiger charge is -2.18. The van der Waals surface area contributed by atoms with Crippen molar-refractivity contribution in [1.29, 1.82) is 0 Å². The first-order valence-corrected chi connectivity index (χ1v) is 7.86. The van der Waals surface area contributed by atoms with Crippen LogP contribution in [0.2, 0.25) is 0 Å². The highest BCUT2D eigenvalue weighted by Gasteiger charge is 2.25. The van der Waals surface area contributed by atoms with Crippen molar-refractivity contribution in [2.45, 2.75) is 11.8 Å².